The van der Waals surface area contributed by atoms with Crippen LogP contribution in [0.25, 0.3) is 0 Å². The molecule has 0 amide bonds. The molecule has 0 nitrogen and oxygen atoms in total. The molecule has 0 radical (unpaired) electrons. The molecule has 0 aromatic carbocycles. The smallest absolute Gasteiger partial charge is 0.0177 e. The Morgan fingerprint density at radius 1 is 0.957 bits per heavy atom. The second kappa shape index (κ2) is 5.63. The zero-order valence-corrected chi connectivity index (χ0v) is 15.8. The fraction of sp³-hybridized carbons (Fsp3) is 0.913. The number of rotatable bonds is 2. The van der Waals surface area contributed by atoms with Gasteiger partial charge in [-0.05, 0) is 97.7 Å². The van der Waals surface area contributed by atoms with E-state index >= 15 is 0 Å². The molecule has 130 valence electrons. The van der Waals surface area contributed by atoms with Crippen molar-refractivity contribution in [1.29, 1.82) is 0 Å². The minimum Gasteiger partial charge on any atom is -0.103 e. The molecule has 4 aliphatic rings. The van der Waals surface area contributed by atoms with Gasteiger partial charge in [0, 0.05) is 0 Å². The van der Waals surface area contributed by atoms with Gasteiger partial charge >= 0.3 is 0 Å². The standard InChI is InChI=1S/C23H38/c1-5-16-11-13-20-19-12-10-18-9-7-8-17(6-2)23(18,4)21(19)14-15-22(16,20)3/h6,16-21H,2,5,7-15H2,1,3-4H3/t16-,17?,18?,19-,20-,21-,22+,23-/m0/s1. The molecule has 0 spiro atoms. The second-order valence-electron chi connectivity index (χ2n) is 10.0. The molecule has 2 unspecified atom stereocenters. The lowest BCUT2D eigenvalue weighted by atomic mass is 9.42. The average Bonchev–Trinajstić information content (AvgIpc) is 2.90. The predicted octanol–water partition coefficient (Wildman–Crippen LogP) is 6.86. The van der Waals surface area contributed by atoms with Crippen LogP contribution in [0.1, 0.15) is 85.0 Å². The molecule has 0 N–H and O–H groups in total. The van der Waals surface area contributed by atoms with E-state index in [-0.39, 0.29) is 0 Å². The Morgan fingerprint density at radius 2 is 1.78 bits per heavy atom. The van der Waals surface area contributed by atoms with Gasteiger partial charge in [-0.2, -0.15) is 0 Å². The second-order valence-corrected chi connectivity index (χ2v) is 10.0. The van der Waals surface area contributed by atoms with Crippen molar-refractivity contribution < 1.29 is 0 Å². The molecule has 0 heterocycles. The van der Waals surface area contributed by atoms with E-state index in [0.717, 1.165) is 35.5 Å². The van der Waals surface area contributed by atoms with Gasteiger partial charge in [-0.3, -0.25) is 0 Å². The molecule has 0 heteroatoms. The Kier molecular flexibility index (Phi) is 3.97. The maximum atomic E-state index is 4.26. The molecule has 23 heavy (non-hydrogen) atoms. The molecule has 0 bridgehead atoms. The van der Waals surface area contributed by atoms with Gasteiger partial charge in [0.05, 0.1) is 0 Å². The van der Waals surface area contributed by atoms with Crippen molar-refractivity contribution in [3.63, 3.8) is 0 Å². The zero-order chi connectivity index (χ0) is 16.2. The van der Waals surface area contributed by atoms with Crippen molar-refractivity contribution in [2.45, 2.75) is 85.0 Å². The van der Waals surface area contributed by atoms with Crippen molar-refractivity contribution in [3.8, 4) is 0 Å². The molecule has 0 aromatic rings. The van der Waals surface area contributed by atoms with E-state index in [2.05, 4.69) is 33.4 Å². The van der Waals surface area contributed by atoms with E-state index in [1.54, 1.807) is 6.42 Å². The van der Waals surface area contributed by atoms with Gasteiger partial charge in [0.15, 0.2) is 0 Å². The summed E-state index contributed by atoms with van der Waals surface area (Å²) in [5.41, 5.74) is 1.26. The Balaban J connectivity index is 1.67. The Bertz CT molecular complexity index is 465. The van der Waals surface area contributed by atoms with E-state index in [1.165, 1.54) is 57.8 Å². The van der Waals surface area contributed by atoms with Crippen molar-refractivity contribution >= 4 is 0 Å². The van der Waals surface area contributed by atoms with Crippen LogP contribution < -0.4 is 0 Å². The first-order valence-corrected chi connectivity index (χ1v) is 10.7. The van der Waals surface area contributed by atoms with Gasteiger partial charge < -0.3 is 0 Å². The summed E-state index contributed by atoms with van der Waals surface area (Å²) in [7, 11) is 0. The van der Waals surface area contributed by atoms with Crippen LogP contribution in [0, 0.1) is 46.3 Å². The highest BCUT2D eigenvalue weighted by molar-refractivity contribution is 5.12. The Morgan fingerprint density at radius 3 is 2.52 bits per heavy atom. The van der Waals surface area contributed by atoms with Crippen molar-refractivity contribution in [1.82, 2.24) is 0 Å². The fourth-order valence-electron chi connectivity index (χ4n) is 8.55. The summed E-state index contributed by atoms with van der Waals surface area (Å²) in [6, 6.07) is 0. The molecule has 4 saturated carbocycles. The van der Waals surface area contributed by atoms with E-state index in [4.69, 9.17) is 0 Å². The third kappa shape index (κ3) is 2.09. The molecule has 8 atom stereocenters. The van der Waals surface area contributed by atoms with E-state index in [0.29, 0.717) is 10.8 Å². The summed E-state index contributed by atoms with van der Waals surface area (Å²) in [4.78, 5) is 0. The highest BCUT2D eigenvalue weighted by Gasteiger charge is 2.60. The summed E-state index contributed by atoms with van der Waals surface area (Å²) >= 11 is 0. The Labute approximate surface area is 144 Å². The summed E-state index contributed by atoms with van der Waals surface area (Å²) in [6.45, 7) is 12.1. The number of hydrogen-bond acceptors (Lipinski definition) is 0. The summed E-state index contributed by atoms with van der Waals surface area (Å²) in [6.07, 6.45) is 17.3. The number of hydrogen-bond donors (Lipinski definition) is 0. The minimum atomic E-state index is 0.578. The summed E-state index contributed by atoms with van der Waals surface area (Å²) in [5.74, 6) is 5.87. The van der Waals surface area contributed by atoms with Gasteiger partial charge in [-0.15, -0.1) is 6.58 Å². The topological polar surface area (TPSA) is 0 Å². The quantitative estimate of drug-likeness (QED) is 0.488. The van der Waals surface area contributed by atoms with Crippen LogP contribution in [0.3, 0.4) is 0 Å². The minimum absolute atomic E-state index is 0.578. The van der Waals surface area contributed by atoms with E-state index < -0.39 is 0 Å². The van der Waals surface area contributed by atoms with Crippen LogP contribution in [0.4, 0.5) is 0 Å². The normalized spacial score (nSPS) is 55.6. The lowest BCUT2D eigenvalue weighted by Crippen LogP contribution is -2.55. The lowest BCUT2D eigenvalue weighted by molar-refractivity contribution is -0.128. The maximum absolute atomic E-state index is 4.26. The molecular formula is C23H38. The van der Waals surface area contributed by atoms with Crippen LogP contribution >= 0.6 is 0 Å². The number of fused-ring (bicyclic) bond motifs is 5. The summed E-state index contributed by atoms with van der Waals surface area (Å²) < 4.78 is 0. The molecular weight excluding hydrogens is 276 g/mol. The van der Waals surface area contributed by atoms with Crippen LogP contribution in [0.15, 0.2) is 12.7 Å². The lowest BCUT2D eigenvalue weighted by Gasteiger charge is -2.62. The SMILES string of the molecule is C=CC1CCCC2CC[C@@H]3[C@H](CC[C@]4(C)[C@@H](CC)CC[C@@H]34)[C@@]12C. The van der Waals surface area contributed by atoms with Crippen LogP contribution in [-0.2, 0) is 0 Å². The average molecular weight is 315 g/mol. The maximum Gasteiger partial charge on any atom is -0.0177 e. The van der Waals surface area contributed by atoms with Crippen LogP contribution in [-0.4, -0.2) is 0 Å². The van der Waals surface area contributed by atoms with Gasteiger partial charge in [0.25, 0.3) is 0 Å². The third-order valence-electron chi connectivity index (χ3n) is 9.80. The Hall–Kier alpha value is -0.260. The van der Waals surface area contributed by atoms with Crippen molar-refractivity contribution in [2.24, 2.45) is 46.3 Å². The monoisotopic (exact) mass is 314 g/mol. The van der Waals surface area contributed by atoms with Crippen LogP contribution in [0.2, 0.25) is 0 Å². The molecule has 0 aliphatic heterocycles. The molecule has 4 rings (SSSR count). The predicted molar refractivity (Wildman–Crippen MR) is 99.2 cm³/mol. The molecule has 0 saturated heterocycles. The van der Waals surface area contributed by atoms with E-state index in [9.17, 15) is 0 Å². The van der Waals surface area contributed by atoms with Gasteiger partial charge in [-0.25, -0.2) is 0 Å². The van der Waals surface area contributed by atoms with Crippen molar-refractivity contribution in [3.05, 3.63) is 12.7 Å². The van der Waals surface area contributed by atoms with E-state index in [1.807, 2.05) is 0 Å². The molecule has 0 aromatic heterocycles. The van der Waals surface area contributed by atoms with Gasteiger partial charge in [-0.1, -0.05) is 39.7 Å². The highest BCUT2D eigenvalue weighted by atomic mass is 14.6. The summed E-state index contributed by atoms with van der Waals surface area (Å²) in [5, 5.41) is 0. The molecule has 4 aliphatic carbocycles. The zero-order valence-electron chi connectivity index (χ0n) is 15.8. The third-order valence-corrected chi connectivity index (χ3v) is 9.80. The first kappa shape index (κ1) is 16.2. The largest absolute Gasteiger partial charge is 0.103 e. The first-order chi connectivity index (χ1) is 11.1. The highest BCUT2D eigenvalue weighted by Crippen LogP contribution is 2.68. The van der Waals surface area contributed by atoms with Gasteiger partial charge in [0.2, 0.25) is 0 Å². The molecule has 4 fully saturated rings. The van der Waals surface area contributed by atoms with Gasteiger partial charge in [0.1, 0.15) is 0 Å². The fourth-order valence-corrected chi connectivity index (χ4v) is 8.55. The number of allylic oxidation sites excluding steroid dienone is 1. The first-order valence-electron chi connectivity index (χ1n) is 10.7. The van der Waals surface area contributed by atoms with Crippen molar-refractivity contribution in [2.75, 3.05) is 0 Å². The van der Waals surface area contributed by atoms with Crippen LogP contribution in [0.5, 0.6) is 0 Å².